The highest BCUT2D eigenvalue weighted by Crippen LogP contribution is 2.26. The quantitative estimate of drug-likeness (QED) is 0.545. The molecule has 0 radical (unpaired) electrons. The summed E-state index contributed by atoms with van der Waals surface area (Å²) in [5.74, 6) is 0.998. The molecule has 0 bridgehead atoms. The molecule has 148 valence electrons. The summed E-state index contributed by atoms with van der Waals surface area (Å²) in [6.45, 7) is 1.63. The Morgan fingerprint density at radius 3 is 2.75 bits per heavy atom. The topological polar surface area (TPSA) is 62.3 Å². The minimum Gasteiger partial charge on any atom is -0.356 e. The number of ketones is 1. The molecule has 2 heterocycles. The Kier molecular flexibility index (Phi) is 7.68. The van der Waals surface area contributed by atoms with E-state index in [1.165, 1.54) is 11.3 Å². The number of carbonyl (C=O) groups excluding carboxylic acids is 2. The van der Waals surface area contributed by atoms with Crippen LogP contribution in [0.2, 0.25) is 0 Å². The third-order valence-corrected chi connectivity index (χ3v) is 6.10. The Bertz CT molecular complexity index is 820. The van der Waals surface area contributed by atoms with Crippen molar-refractivity contribution in [2.75, 3.05) is 11.2 Å². The Hall–Kier alpha value is -2.12. The van der Waals surface area contributed by atoms with Gasteiger partial charge in [0.2, 0.25) is 5.91 Å². The molecule has 1 amide bonds. The maximum atomic E-state index is 12.9. The fourth-order valence-corrected chi connectivity index (χ4v) is 4.57. The van der Waals surface area contributed by atoms with E-state index >= 15 is 0 Å². The number of hydrogen-bond acceptors (Lipinski definition) is 6. The first-order valence-electron chi connectivity index (χ1n) is 9.49. The summed E-state index contributed by atoms with van der Waals surface area (Å²) < 4.78 is 0. The molecule has 0 saturated carbocycles. The van der Waals surface area contributed by atoms with Crippen LogP contribution < -0.4 is 5.32 Å². The second-order valence-corrected chi connectivity index (χ2v) is 8.53. The van der Waals surface area contributed by atoms with Gasteiger partial charge in [-0.25, -0.2) is 4.98 Å². The molecule has 1 atom stereocenters. The summed E-state index contributed by atoms with van der Waals surface area (Å²) >= 11 is 3.14. The van der Waals surface area contributed by atoms with Crippen molar-refractivity contribution >= 4 is 39.9 Å². The summed E-state index contributed by atoms with van der Waals surface area (Å²) in [5, 5.41) is 7.61. The van der Waals surface area contributed by atoms with Gasteiger partial charge in [-0.3, -0.25) is 4.79 Å². The van der Waals surface area contributed by atoms with Gasteiger partial charge in [0.05, 0.1) is 11.6 Å². The number of aromatic nitrogens is 1. The number of nitrogens with one attached hydrogen (secondary N) is 1. The molecular formula is C21H25N3O2S2. The maximum Gasteiger partial charge on any atom is 0.248 e. The normalized spacial score (nSPS) is 14.2. The molecule has 1 aromatic heterocycles. The third kappa shape index (κ3) is 5.94. The van der Waals surface area contributed by atoms with Gasteiger partial charge >= 0.3 is 0 Å². The van der Waals surface area contributed by atoms with E-state index in [0.717, 1.165) is 42.8 Å². The molecule has 1 N–H and O–H groups in total. The van der Waals surface area contributed by atoms with E-state index in [9.17, 15) is 9.59 Å². The summed E-state index contributed by atoms with van der Waals surface area (Å²) in [6.07, 6.45) is 6.16. The predicted molar refractivity (Wildman–Crippen MR) is 117 cm³/mol. The summed E-state index contributed by atoms with van der Waals surface area (Å²) in [5.41, 5.74) is 1.92. The van der Waals surface area contributed by atoms with E-state index in [1.807, 2.05) is 47.3 Å². The van der Waals surface area contributed by atoms with E-state index in [-0.39, 0.29) is 17.7 Å². The average Bonchev–Trinajstić information content (AvgIpc) is 3.37. The van der Waals surface area contributed by atoms with Crippen LogP contribution in [0.3, 0.4) is 0 Å². The summed E-state index contributed by atoms with van der Waals surface area (Å²) in [7, 11) is 0. The van der Waals surface area contributed by atoms with Gasteiger partial charge in [-0.1, -0.05) is 43.2 Å². The van der Waals surface area contributed by atoms with Crippen molar-refractivity contribution in [1.29, 1.82) is 0 Å². The molecule has 2 aromatic rings. The number of anilines is 1. The highest BCUT2D eigenvalue weighted by Gasteiger charge is 2.26. The molecule has 1 aliphatic heterocycles. The fraction of sp³-hybridized carbons (Fsp3) is 0.381. The molecule has 0 unspecified atom stereocenters. The van der Waals surface area contributed by atoms with Crippen molar-refractivity contribution in [3.63, 3.8) is 0 Å². The standard InChI is InChI=1S/C21H25N3O2S2/c1-16(25)8-4-2-7-11-19(24-12-13-27-15-24)20(26)23-21-22-18(14-28-21)17-9-5-3-6-10-17/h3,5-6,9-10,12-14,19H,2,4,7-8,11,15H2,1H3,(H,22,23,26)/t19-/m0/s1. The molecular weight excluding hydrogens is 390 g/mol. The van der Waals surface area contributed by atoms with Crippen molar-refractivity contribution in [1.82, 2.24) is 9.88 Å². The van der Waals surface area contributed by atoms with Crippen LogP contribution >= 0.6 is 23.1 Å². The lowest BCUT2D eigenvalue weighted by atomic mass is 10.0. The van der Waals surface area contributed by atoms with Crippen LogP contribution in [0.15, 0.2) is 47.3 Å². The molecule has 0 saturated heterocycles. The number of unbranched alkanes of at least 4 members (excludes halogenated alkanes) is 2. The van der Waals surface area contributed by atoms with Gasteiger partial charge in [-0.05, 0) is 25.2 Å². The smallest absolute Gasteiger partial charge is 0.248 e. The second kappa shape index (κ2) is 10.4. The Morgan fingerprint density at radius 2 is 2.04 bits per heavy atom. The maximum absolute atomic E-state index is 12.9. The van der Waals surface area contributed by atoms with Crippen molar-refractivity contribution in [3.8, 4) is 11.3 Å². The zero-order valence-corrected chi connectivity index (χ0v) is 17.6. The monoisotopic (exact) mass is 415 g/mol. The molecule has 1 aliphatic rings. The number of hydrogen-bond donors (Lipinski definition) is 1. The van der Waals surface area contributed by atoms with Crippen LogP contribution in [-0.4, -0.2) is 33.5 Å². The van der Waals surface area contributed by atoms with Crippen LogP contribution in [0.1, 0.15) is 39.0 Å². The van der Waals surface area contributed by atoms with Crippen LogP contribution in [0, 0.1) is 0 Å². The van der Waals surface area contributed by atoms with E-state index in [0.29, 0.717) is 11.6 Å². The highest BCUT2D eigenvalue weighted by molar-refractivity contribution is 8.02. The van der Waals surface area contributed by atoms with Gasteiger partial charge in [-0.2, -0.15) is 0 Å². The molecule has 0 spiro atoms. The Morgan fingerprint density at radius 1 is 1.21 bits per heavy atom. The zero-order chi connectivity index (χ0) is 19.8. The largest absolute Gasteiger partial charge is 0.356 e. The number of benzene rings is 1. The molecule has 3 rings (SSSR count). The molecule has 5 nitrogen and oxygen atoms in total. The van der Waals surface area contributed by atoms with Gasteiger partial charge in [-0.15, -0.1) is 23.1 Å². The number of carbonyl (C=O) groups is 2. The number of nitrogens with zero attached hydrogens (tertiary/aromatic N) is 2. The van der Waals surface area contributed by atoms with Crippen molar-refractivity contribution in [2.24, 2.45) is 0 Å². The number of amides is 1. The number of Topliss-reactive ketones (excluding diaryl/α,β-unsaturated/α-hetero) is 1. The number of thioether (sulfide) groups is 1. The highest BCUT2D eigenvalue weighted by atomic mass is 32.2. The van der Waals surface area contributed by atoms with Crippen molar-refractivity contribution in [2.45, 2.75) is 45.1 Å². The Labute approximate surface area is 174 Å². The van der Waals surface area contributed by atoms with E-state index < -0.39 is 0 Å². The van der Waals surface area contributed by atoms with Crippen molar-refractivity contribution in [3.05, 3.63) is 47.3 Å². The summed E-state index contributed by atoms with van der Waals surface area (Å²) in [6, 6.07) is 9.74. The van der Waals surface area contributed by atoms with Gasteiger partial charge in [0, 0.05) is 23.6 Å². The second-order valence-electron chi connectivity index (χ2n) is 6.81. The van der Waals surface area contributed by atoms with Crippen LogP contribution in [-0.2, 0) is 9.59 Å². The van der Waals surface area contributed by atoms with Crippen LogP contribution in [0.4, 0.5) is 5.13 Å². The van der Waals surface area contributed by atoms with Crippen LogP contribution in [0.5, 0.6) is 0 Å². The van der Waals surface area contributed by atoms with Gasteiger partial charge in [0.1, 0.15) is 11.8 Å². The van der Waals surface area contributed by atoms with Gasteiger partial charge in [0.15, 0.2) is 5.13 Å². The van der Waals surface area contributed by atoms with E-state index in [2.05, 4.69) is 15.2 Å². The first kappa shape index (κ1) is 20.6. The molecule has 0 aliphatic carbocycles. The van der Waals surface area contributed by atoms with Crippen LogP contribution in [0.25, 0.3) is 11.3 Å². The van der Waals surface area contributed by atoms with Gasteiger partial charge in [0.25, 0.3) is 0 Å². The minimum atomic E-state index is -0.215. The number of thiazole rings is 1. The lowest BCUT2D eigenvalue weighted by Gasteiger charge is -2.26. The predicted octanol–water partition coefficient (Wildman–Crippen LogP) is 5.13. The average molecular weight is 416 g/mol. The minimum absolute atomic E-state index is 0.0207. The Balaban J connectivity index is 1.58. The zero-order valence-electron chi connectivity index (χ0n) is 16.0. The number of rotatable bonds is 10. The lowest BCUT2D eigenvalue weighted by molar-refractivity contribution is -0.120. The SMILES string of the molecule is CC(=O)CCCCC[C@@H](C(=O)Nc1nc(-c2ccccc2)cs1)N1C=CSC1. The molecule has 1 aromatic carbocycles. The first-order valence-corrected chi connectivity index (χ1v) is 11.4. The first-order chi connectivity index (χ1) is 13.6. The molecule has 0 fully saturated rings. The fourth-order valence-electron chi connectivity index (χ4n) is 3.08. The lowest BCUT2D eigenvalue weighted by Crippen LogP contribution is -2.40. The third-order valence-electron chi connectivity index (χ3n) is 4.59. The van der Waals surface area contributed by atoms with Crippen molar-refractivity contribution < 1.29 is 9.59 Å². The molecule has 7 heteroatoms. The van der Waals surface area contributed by atoms with Gasteiger partial charge < -0.3 is 15.0 Å². The summed E-state index contributed by atoms with van der Waals surface area (Å²) in [4.78, 5) is 30.7. The molecule has 28 heavy (non-hydrogen) atoms. The van der Waals surface area contributed by atoms with E-state index in [4.69, 9.17) is 0 Å². The van der Waals surface area contributed by atoms with E-state index in [1.54, 1.807) is 18.7 Å².